The lowest BCUT2D eigenvalue weighted by Gasteiger charge is -2.14. The van der Waals surface area contributed by atoms with Crippen LogP contribution in [0.1, 0.15) is 52.3 Å². The van der Waals surface area contributed by atoms with Gasteiger partial charge in [-0.15, -0.1) is 0 Å². The quantitative estimate of drug-likeness (QED) is 0.912. The number of hydrogen-bond acceptors (Lipinski definition) is 1. The second kappa shape index (κ2) is 6.39. The minimum Gasteiger partial charge on any atom is -0.349 e. The van der Waals surface area contributed by atoms with E-state index in [0.717, 1.165) is 23.5 Å². The van der Waals surface area contributed by atoms with E-state index < -0.39 is 0 Å². The number of carbonyl (C=O) groups is 1. The molecule has 0 fully saturated rings. The molecule has 1 N–H and O–H groups in total. The van der Waals surface area contributed by atoms with Crippen LogP contribution in [0.5, 0.6) is 0 Å². The van der Waals surface area contributed by atoms with Crippen molar-refractivity contribution in [3.8, 4) is 0 Å². The highest BCUT2D eigenvalue weighted by atomic mass is 16.2. The highest BCUT2D eigenvalue weighted by Gasteiger charge is 2.21. The monoisotopic (exact) mass is 298 g/mol. The highest BCUT2D eigenvalue weighted by Crippen LogP contribution is 2.23. The van der Waals surface area contributed by atoms with Crippen LogP contribution in [0.4, 0.5) is 0 Å². The van der Waals surface area contributed by atoms with Crippen molar-refractivity contribution in [1.82, 2.24) is 9.88 Å². The molecule has 3 nitrogen and oxygen atoms in total. The lowest BCUT2D eigenvalue weighted by Crippen LogP contribution is -2.32. The van der Waals surface area contributed by atoms with E-state index in [1.165, 1.54) is 16.7 Å². The SMILES string of the molecule is Cc1cccc(Cn2c(C)c(C)c(C)c2C(=O)NC(C)C)c1. The van der Waals surface area contributed by atoms with Gasteiger partial charge >= 0.3 is 0 Å². The Morgan fingerprint density at radius 1 is 1.14 bits per heavy atom. The molecule has 0 atom stereocenters. The lowest BCUT2D eigenvalue weighted by molar-refractivity contribution is 0.0933. The van der Waals surface area contributed by atoms with Gasteiger partial charge in [-0.2, -0.15) is 0 Å². The molecular weight excluding hydrogens is 272 g/mol. The van der Waals surface area contributed by atoms with E-state index in [0.29, 0.717) is 0 Å². The Labute approximate surface area is 133 Å². The van der Waals surface area contributed by atoms with E-state index in [-0.39, 0.29) is 11.9 Å². The van der Waals surface area contributed by atoms with Gasteiger partial charge in [0.25, 0.3) is 5.91 Å². The summed E-state index contributed by atoms with van der Waals surface area (Å²) in [6, 6.07) is 8.58. The summed E-state index contributed by atoms with van der Waals surface area (Å²) >= 11 is 0. The van der Waals surface area contributed by atoms with Gasteiger partial charge in [0.1, 0.15) is 5.69 Å². The fraction of sp³-hybridized carbons (Fsp3) is 0.421. The number of benzene rings is 1. The molecule has 1 aromatic carbocycles. The van der Waals surface area contributed by atoms with Gasteiger partial charge in [-0.05, 0) is 58.2 Å². The van der Waals surface area contributed by atoms with E-state index in [2.05, 4.69) is 54.9 Å². The largest absolute Gasteiger partial charge is 0.349 e. The maximum Gasteiger partial charge on any atom is 0.268 e. The molecule has 1 aromatic heterocycles. The van der Waals surface area contributed by atoms with Crippen LogP contribution in [0.15, 0.2) is 24.3 Å². The maximum absolute atomic E-state index is 12.6. The van der Waals surface area contributed by atoms with Crippen molar-refractivity contribution >= 4 is 5.91 Å². The van der Waals surface area contributed by atoms with Crippen molar-refractivity contribution in [1.29, 1.82) is 0 Å². The van der Waals surface area contributed by atoms with E-state index in [4.69, 9.17) is 0 Å². The molecule has 0 bridgehead atoms. The van der Waals surface area contributed by atoms with Crippen molar-refractivity contribution in [3.05, 3.63) is 57.9 Å². The number of aryl methyl sites for hydroxylation is 1. The number of carbonyl (C=O) groups excluding carboxylic acids is 1. The van der Waals surface area contributed by atoms with Crippen LogP contribution >= 0.6 is 0 Å². The first-order chi connectivity index (χ1) is 10.3. The molecule has 0 saturated heterocycles. The van der Waals surface area contributed by atoms with Gasteiger partial charge in [0.15, 0.2) is 0 Å². The third kappa shape index (κ3) is 3.24. The summed E-state index contributed by atoms with van der Waals surface area (Å²) in [7, 11) is 0. The molecule has 2 rings (SSSR count). The summed E-state index contributed by atoms with van der Waals surface area (Å²) in [5, 5.41) is 3.02. The zero-order valence-electron chi connectivity index (χ0n) is 14.4. The second-order valence-electron chi connectivity index (χ2n) is 6.39. The van der Waals surface area contributed by atoms with Gasteiger partial charge in [0.2, 0.25) is 0 Å². The normalized spacial score (nSPS) is 11.0. The number of amides is 1. The molecule has 118 valence electrons. The summed E-state index contributed by atoms with van der Waals surface area (Å²) in [5.41, 5.74) is 6.67. The third-order valence-electron chi connectivity index (χ3n) is 4.19. The first-order valence-corrected chi connectivity index (χ1v) is 7.84. The molecule has 2 aromatic rings. The molecule has 0 aliphatic heterocycles. The first kappa shape index (κ1) is 16.3. The fourth-order valence-corrected chi connectivity index (χ4v) is 2.84. The van der Waals surface area contributed by atoms with Crippen LogP contribution in [-0.2, 0) is 6.54 Å². The minimum atomic E-state index is 0.0105. The molecule has 3 heteroatoms. The van der Waals surface area contributed by atoms with Gasteiger partial charge < -0.3 is 9.88 Å². The number of nitrogens with one attached hydrogen (secondary N) is 1. The molecule has 0 radical (unpaired) electrons. The fourth-order valence-electron chi connectivity index (χ4n) is 2.84. The van der Waals surface area contributed by atoms with Crippen molar-refractivity contribution in [3.63, 3.8) is 0 Å². The van der Waals surface area contributed by atoms with Gasteiger partial charge in [-0.25, -0.2) is 0 Å². The number of hydrogen-bond donors (Lipinski definition) is 1. The predicted molar refractivity (Wildman–Crippen MR) is 91.5 cm³/mol. The van der Waals surface area contributed by atoms with Crippen LogP contribution < -0.4 is 5.32 Å². The van der Waals surface area contributed by atoms with Crippen LogP contribution in [0.2, 0.25) is 0 Å². The highest BCUT2D eigenvalue weighted by molar-refractivity contribution is 5.95. The second-order valence-corrected chi connectivity index (χ2v) is 6.39. The topological polar surface area (TPSA) is 34.0 Å². The molecule has 1 heterocycles. The number of nitrogens with zero attached hydrogens (tertiary/aromatic N) is 1. The Morgan fingerprint density at radius 3 is 2.41 bits per heavy atom. The Hall–Kier alpha value is -2.03. The number of aromatic nitrogens is 1. The third-order valence-corrected chi connectivity index (χ3v) is 4.19. The van der Waals surface area contributed by atoms with Gasteiger partial charge in [-0.3, -0.25) is 4.79 Å². The van der Waals surface area contributed by atoms with Gasteiger partial charge in [0, 0.05) is 18.3 Å². The first-order valence-electron chi connectivity index (χ1n) is 7.84. The average molecular weight is 298 g/mol. The van der Waals surface area contributed by atoms with Gasteiger partial charge in [0.05, 0.1) is 0 Å². The van der Waals surface area contributed by atoms with Crippen molar-refractivity contribution in [2.75, 3.05) is 0 Å². The Kier molecular flexibility index (Phi) is 4.74. The molecule has 1 amide bonds. The molecule has 0 unspecified atom stereocenters. The summed E-state index contributed by atoms with van der Waals surface area (Å²) in [5.74, 6) is 0.0105. The van der Waals surface area contributed by atoms with Crippen molar-refractivity contribution < 1.29 is 4.79 Å². The maximum atomic E-state index is 12.6. The molecule has 0 aliphatic carbocycles. The molecule has 22 heavy (non-hydrogen) atoms. The van der Waals surface area contributed by atoms with Crippen molar-refractivity contribution in [2.45, 2.75) is 54.1 Å². The summed E-state index contributed by atoms with van der Waals surface area (Å²) in [6.07, 6.45) is 0. The summed E-state index contributed by atoms with van der Waals surface area (Å²) in [6.45, 7) is 13.0. The lowest BCUT2D eigenvalue weighted by atomic mass is 10.1. The summed E-state index contributed by atoms with van der Waals surface area (Å²) in [4.78, 5) is 12.6. The molecular formula is C19H26N2O. The summed E-state index contributed by atoms with van der Waals surface area (Å²) < 4.78 is 2.14. The van der Waals surface area contributed by atoms with E-state index in [1.807, 2.05) is 20.8 Å². The molecule has 0 aliphatic rings. The van der Waals surface area contributed by atoms with Gasteiger partial charge in [-0.1, -0.05) is 29.8 Å². The zero-order valence-corrected chi connectivity index (χ0v) is 14.4. The minimum absolute atomic E-state index is 0.0105. The van der Waals surface area contributed by atoms with Crippen LogP contribution in [-0.4, -0.2) is 16.5 Å². The van der Waals surface area contributed by atoms with E-state index in [1.54, 1.807) is 0 Å². The molecule has 0 saturated carbocycles. The van der Waals surface area contributed by atoms with E-state index >= 15 is 0 Å². The van der Waals surface area contributed by atoms with Crippen LogP contribution in [0.25, 0.3) is 0 Å². The predicted octanol–water partition coefficient (Wildman–Crippen LogP) is 3.91. The van der Waals surface area contributed by atoms with Crippen molar-refractivity contribution in [2.24, 2.45) is 0 Å². The standard InChI is InChI=1S/C19H26N2O/c1-12(2)20-19(22)18-15(5)14(4)16(6)21(18)11-17-9-7-8-13(3)10-17/h7-10,12H,11H2,1-6H3,(H,20,22). The number of rotatable bonds is 4. The van der Waals surface area contributed by atoms with Crippen LogP contribution in [0, 0.1) is 27.7 Å². The smallest absolute Gasteiger partial charge is 0.268 e. The molecule has 0 spiro atoms. The zero-order chi connectivity index (χ0) is 16.4. The van der Waals surface area contributed by atoms with E-state index in [9.17, 15) is 4.79 Å². The van der Waals surface area contributed by atoms with Crippen LogP contribution in [0.3, 0.4) is 0 Å². The Morgan fingerprint density at radius 2 is 1.82 bits per heavy atom. The average Bonchev–Trinajstić information content (AvgIpc) is 2.63. The Bertz CT molecular complexity index is 696. The Balaban J connectivity index is 2.46.